The van der Waals surface area contributed by atoms with Crippen molar-refractivity contribution in [1.82, 2.24) is 9.97 Å². The molecule has 0 aliphatic carbocycles. The molecule has 0 aliphatic heterocycles. The minimum atomic E-state index is -0.232. The second-order valence-corrected chi connectivity index (χ2v) is 7.04. The van der Waals surface area contributed by atoms with E-state index in [-0.39, 0.29) is 12.5 Å². The van der Waals surface area contributed by atoms with Crippen LogP contribution >= 0.6 is 0 Å². The third kappa shape index (κ3) is 4.98. The SMILES string of the molecule is Cc1ccc(NC(=O)COc2ccc(/C=C(\C#N)c3nc4ccccc4[nH]3)cc2)cc1. The maximum Gasteiger partial charge on any atom is 0.262 e. The Balaban J connectivity index is 1.39. The molecule has 6 nitrogen and oxygen atoms in total. The first-order valence-electron chi connectivity index (χ1n) is 9.77. The van der Waals surface area contributed by atoms with E-state index in [1.165, 1.54) is 0 Å². The molecule has 0 bridgehead atoms. The van der Waals surface area contributed by atoms with Gasteiger partial charge in [0.1, 0.15) is 17.6 Å². The number of carbonyl (C=O) groups excluding carboxylic acids is 1. The molecule has 2 N–H and O–H groups in total. The summed E-state index contributed by atoms with van der Waals surface area (Å²) in [4.78, 5) is 19.7. The molecule has 0 unspecified atom stereocenters. The number of benzene rings is 3. The van der Waals surface area contributed by atoms with Crippen LogP contribution in [0.15, 0.2) is 72.8 Å². The zero-order valence-electron chi connectivity index (χ0n) is 16.9. The highest BCUT2D eigenvalue weighted by Gasteiger charge is 2.08. The molecule has 0 fully saturated rings. The van der Waals surface area contributed by atoms with Gasteiger partial charge in [-0.25, -0.2) is 4.98 Å². The zero-order chi connectivity index (χ0) is 21.6. The van der Waals surface area contributed by atoms with E-state index in [4.69, 9.17) is 4.74 Å². The van der Waals surface area contributed by atoms with Crippen molar-refractivity contribution >= 4 is 34.3 Å². The normalized spacial score (nSPS) is 11.2. The van der Waals surface area contributed by atoms with Crippen molar-refractivity contribution < 1.29 is 9.53 Å². The van der Waals surface area contributed by atoms with E-state index in [1.807, 2.05) is 67.6 Å². The number of carbonyl (C=O) groups is 1. The van der Waals surface area contributed by atoms with E-state index in [2.05, 4.69) is 21.4 Å². The Bertz CT molecular complexity index is 1250. The van der Waals surface area contributed by atoms with E-state index < -0.39 is 0 Å². The first kappa shape index (κ1) is 19.9. The van der Waals surface area contributed by atoms with E-state index >= 15 is 0 Å². The van der Waals surface area contributed by atoms with Gasteiger partial charge in [0.15, 0.2) is 6.61 Å². The first-order valence-corrected chi connectivity index (χ1v) is 9.77. The summed E-state index contributed by atoms with van der Waals surface area (Å²) in [6.07, 6.45) is 1.76. The van der Waals surface area contributed by atoms with Gasteiger partial charge in [0.2, 0.25) is 0 Å². The minimum Gasteiger partial charge on any atom is -0.484 e. The lowest BCUT2D eigenvalue weighted by Crippen LogP contribution is -2.20. The molecule has 0 saturated heterocycles. The summed E-state index contributed by atoms with van der Waals surface area (Å²) >= 11 is 0. The maximum atomic E-state index is 12.1. The fraction of sp³-hybridized carbons (Fsp3) is 0.0800. The third-order valence-corrected chi connectivity index (χ3v) is 4.66. The van der Waals surface area contributed by atoms with Crippen LogP contribution in [-0.2, 0) is 4.79 Å². The lowest BCUT2D eigenvalue weighted by atomic mass is 10.1. The summed E-state index contributed by atoms with van der Waals surface area (Å²) in [7, 11) is 0. The molecular formula is C25H20N4O2. The number of aromatic nitrogens is 2. The largest absolute Gasteiger partial charge is 0.484 e. The number of amides is 1. The van der Waals surface area contributed by atoms with Crippen molar-refractivity contribution in [3.63, 3.8) is 0 Å². The van der Waals surface area contributed by atoms with Gasteiger partial charge in [-0.15, -0.1) is 0 Å². The third-order valence-electron chi connectivity index (χ3n) is 4.66. The fourth-order valence-corrected chi connectivity index (χ4v) is 3.04. The lowest BCUT2D eigenvalue weighted by Gasteiger charge is -2.08. The van der Waals surface area contributed by atoms with Crippen LogP contribution in [0.25, 0.3) is 22.7 Å². The molecule has 152 valence electrons. The van der Waals surface area contributed by atoms with Crippen molar-refractivity contribution in [2.24, 2.45) is 0 Å². The van der Waals surface area contributed by atoms with Crippen LogP contribution in [0.5, 0.6) is 5.75 Å². The number of allylic oxidation sites excluding steroid dienone is 1. The van der Waals surface area contributed by atoms with Crippen molar-refractivity contribution in [1.29, 1.82) is 5.26 Å². The number of rotatable bonds is 6. The summed E-state index contributed by atoms with van der Waals surface area (Å²) in [6.45, 7) is 1.90. The predicted molar refractivity (Wildman–Crippen MR) is 121 cm³/mol. The molecule has 1 aromatic heterocycles. The van der Waals surface area contributed by atoms with E-state index in [9.17, 15) is 10.1 Å². The van der Waals surface area contributed by atoms with Crippen LogP contribution in [0, 0.1) is 18.3 Å². The topological polar surface area (TPSA) is 90.8 Å². The van der Waals surface area contributed by atoms with Gasteiger partial charge < -0.3 is 15.0 Å². The zero-order valence-corrected chi connectivity index (χ0v) is 16.9. The number of aromatic amines is 1. The number of fused-ring (bicyclic) bond motifs is 1. The summed E-state index contributed by atoms with van der Waals surface area (Å²) in [5.74, 6) is 0.861. The highest BCUT2D eigenvalue weighted by Crippen LogP contribution is 2.20. The molecule has 4 aromatic rings. The Morgan fingerprint density at radius 3 is 2.55 bits per heavy atom. The Hall–Kier alpha value is -4.37. The van der Waals surface area contributed by atoms with Crippen LogP contribution in [0.1, 0.15) is 17.0 Å². The van der Waals surface area contributed by atoms with Gasteiger partial charge in [-0.2, -0.15) is 5.26 Å². The van der Waals surface area contributed by atoms with E-state index in [1.54, 1.807) is 18.2 Å². The summed E-state index contributed by atoms with van der Waals surface area (Å²) in [5, 5.41) is 12.3. The molecular weight excluding hydrogens is 388 g/mol. The second-order valence-electron chi connectivity index (χ2n) is 7.04. The number of aryl methyl sites for hydroxylation is 1. The summed E-state index contributed by atoms with van der Waals surface area (Å²) in [5.41, 5.74) is 4.81. The molecule has 0 saturated carbocycles. The molecule has 0 aliphatic rings. The van der Waals surface area contributed by atoms with Gasteiger partial charge in [0.05, 0.1) is 16.6 Å². The van der Waals surface area contributed by atoms with Gasteiger partial charge >= 0.3 is 0 Å². The number of para-hydroxylation sites is 2. The maximum absolute atomic E-state index is 12.1. The van der Waals surface area contributed by atoms with Gasteiger partial charge in [-0.1, -0.05) is 42.0 Å². The average molecular weight is 408 g/mol. The number of ether oxygens (including phenoxy) is 1. The average Bonchev–Trinajstić information content (AvgIpc) is 3.22. The number of anilines is 1. The Kier molecular flexibility index (Phi) is 5.77. The predicted octanol–water partition coefficient (Wildman–Crippen LogP) is 4.95. The summed E-state index contributed by atoms with van der Waals surface area (Å²) in [6, 6.07) is 24.6. The number of hydrogen-bond acceptors (Lipinski definition) is 4. The van der Waals surface area contributed by atoms with Gasteiger partial charge in [0.25, 0.3) is 5.91 Å². The van der Waals surface area contributed by atoms with E-state index in [0.29, 0.717) is 17.1 Å². The minimum absolute atomic E-state index is 0.0918. The van der Waals surface area contributed by atoms with Crippen molar-refractivity contribution in [2.45, 2.75) is 6.92 Å². The first-order chi connectivity index (χ1) is 15.1. The van der Waals surface area contributed by atoms with Crippen molar-refractivity contribution in [2.75, 3.05) is 11.9 Å². The van der Waals surface area contributed by atoms with E-state index in [0.717, 1.165) is 27.8 Å². The number of H-pyrrole nitrogens is 1. The quantitative estimate of drug-likeness (QED) is 0.442. The highest BCUT2D eigenvalue weighted by molar-refractivity contribution is 5.92. The van der Waals surface area contributed by atoms with Crippen molar-refractivity contribution in [3.05, 3.63) is 89.7 Å². The molecule has 1 amide bonds. The molecule has 0 spiro atoms. The number of nitrogens with zero attached hydrogens (tertiary/aromatic N) is 2. The molecule has 1 heterocycles. The second kappa shape index (κ2) is 8.97. The highest BCUT2D eigenvalue weighted by atomic mass is 16.5. The Morgan fingerprint density at radius 1 is 1.10 bits per heavy atom. The monoisotopic (exact) mass is 408 g/mol. The van der Waals surface area contributed by atoms with Crippen LogP contribution in [0.2, 0.25) is 0 Å². The molecule has 6 heteroatoms. The standard InChI is InChI=1S/C25H20N4O2/c1-17-6-10-20(11-7-17)27-24(30)16-31-21-12-8-18(9-13-21)14-19(15-26)25-28-22-4-2-3-5-23(22)29-25/h2-14H,16H2,1H3,(H,27,30)(H,28,29)/b19-14+. The molecule has 3 aromatic carbocycles. The lowest BCUT2D eigenvalue weighted by molar-refractivity contribution is -0.118. The van der Waals surface area contributed by atoms with Crippen molar-refractivity contribution in [3.8, 4) is 11.8 Å². The molecule has 0 atom stereocenters. The van der Waals surface area contributed by atoms with Crippen LogP contribution < -0.4 is 10.1 Å². The molecule has 4 rings (SSSR count). The number of nitrogens with one attached hydrogen (secondary N) is 2. The molecule has 31 heavy (non-hydrogen) atoms. The number of imidazole rings is 1. The van der Waals surface area contributed by atoms with Gasteiger partial charge in [0, 0.05) is 5.69 Å². The Morgan fingerprint density at radius 2 is 1.84 bits per heavy atom. The van der Waals surface area contributed by atoms with Crippen LogP contribution in [-0.4, -0.2) is 22.5 Å². The smallest absolute Gasteiger partial charge is 0.262 e. The summed E-state index contributed by atoms with van der Waals surface area (Å²) < 4.78 is 5.56. The molecule has 0 radical (unpaired) electrons. The number of nitriles is 1. The number of hydrogen-bond donors (Lipinski definition) is 2. The van der Waals surface area contributed by atoms with Crippen LogP contribution in [0.4, 0.5) is 5.69 Å². The van der Waals surface area contributed by atoms with Gasteiger partial charge in [-0.3, -0.25) is 4.79 Å². The fourth-order valence-electron chi connectivity index (χ4n) is 3.04. The van der Waals surface area contributed by atoms with Gasteiger partial charge in [-0.05, 0) is 55.0 Å². The Labute approximate surface area is 179 Å². The van der Waals surface area contributed by atoms with Crippen LogP contribution in [0.3, 0.4) is 0 Å².